The highest BCUT2D eigenvalue weighted by molar-refractivity contribution is 6.38. The van der Waals surface area contributed by atoms with E-state index in [2.05, 4.69) is 82.4 Å². The number of carbonyl (C=O) groups excluding carboxylic acids is 8. The second-order valence-electron chi connectivity index (χ2n) is 27.7. The van der Waals surface area contributed by atoms with Crippen LogP contribution in [-0.4, -0.2) is 94.2 Å². The van der Waals surface area contributed by atoms with E-state index in [4.69, 9.17) is 115 Å². The number of aromatic nitrogens is 8. The number of anilines is 9. The van der Waals surface area contributed by atoms with Crippen LogP contribution in [0.5, 0.6) is 5.88 Å². The minimum atomic E-state index is -0.428. The number of hydrogen-bond acceptors (Lipinski definition) is 18. The van der Waals surface area contributed by atoms with Gasteiger partial charge in [0, 0.05) is 104 Å². The van der Waals surface area contributed by atoms with Crippen molar-refractivity contribution in [2.75, 3.05) is 55.4 Å². The summed E-state index contributed by atoms with van der Waals surface area (Å²) >= 11 is 56.2. The van der Waals surface area contributed by atoms with Crippen molar-refractivity contribution in [3.63, 3.8) is 0 Å². The Balaban J connectivity index is 0.000000150. The molecule has 0 spiro atoms. The van der Waals surface area contributed by atoms with Crippen molar-refractivity contribution in [2.24, 2.45) is 0 Å². The molecular weight excluding hydrogens is 1870 g/mol. The summed E-state index contributed by atoms with van der Waals surface area (Å²) in [6.07, 6.45) is 12.6. The topological polar surface area (TPSA) is 371 Å². The van der Waals surface area contributed by atoms with E-state index in [9.17, 15) is 38.4 Å². The van der Waals surface area contributed by atoms with Gasteiger partial charge in [0.05, 0.1) is 128 Å². The molecule has 0 aliphatic rings. The molecule has 0 saturated heterocycles. The van der Waals surface area contributed by atoms with E-state index in [0.717, 1.165) is 0 Å². The number of halogens is 9. The molecule has 8 heterocycles. The van der Waals surface area contributed by atoms with Crippen molar-refractivity contribution in [3.8, 4) is 50.9 Å². The largest absolute Gasteiger partial charge is 0.481 e. The van der Waals surface area contributed by atoms with Crippen molar-refractivity contribution in [1.29, 1.82) is 0 Å². The fraction of sp³-hybridized carbons (Fsp3) is 0.0103. The van der Waals surface area contributed by atoms with E-state index in [0.29, 0.717) is 139 Å². The fourth-order valence-corrected chi connectivity index (χ4v) is 14.2. The number of ether oxygens (including phenoxy) is 1. The molecule has 16 rings (SSSR count). The van der Waals surface area contributed by atoms with Crippen LogP contribution in [0.4, 0.5) is 51.4 Å². The summed E-state index contributed by atoms with van der Waals surface area (Å²) in [6, 6.07) is 75.1. The smallest absolute Gasteiger partial charge is 0.257 e. The monoisotopic (exact) mass is 1930 g/mol. The van der Waals surface area contributed by atoms with Crippen LogP contribution in [0, 0.1) is 0 Å². The van der Waals surface area contributed by atoms with E-state index >= 15 is 0 Å². The molecule has 0 saturated carbocycles. The third-order valence-electron chi connectivity index (χ3n) is 18.7. The van der Waals surface area contributed by atoms with Crippen LogP contribution in [0.25, 0.3) is 45.0 Å². The molecule has 0 aliphatic carbocycles. The number of nitrogens with zero attached hydrogens (tertiary/aromatic N) is 8. The minimum Gasteiger partial charge on any atom is -0.481 e. The van der Waals surface area contributed by atoms with E-state index in [-0.39, 0.29) is 59.4 Å². The number of nitrogens with one attached hydrogen (secondary N) is 8. The van der Waals surface area contributed by atoms with Crippen molar-refractivity contribution < 1.29 is 43.1 Å². The molecule has 8 amide bonds. The first-order chi connectivity index (χ1) is 63.8. The number of benzene rings is 8. The number of pyridine rings is 8. The summed E-state index contributed by atoms with van der Waals surface area (Å²) in [4.78, 5) is 134. The van der Waals surface area contributed by atoms with Crippen LogP contribution < -0.4 is 53.0 Å². The summed E-state index contributed by atoms with van der Waals surface area (Å²) in [7, 11) is 1.51. The lowest BCUT2D eigenvalue weighted by Crippen LogP contribution is -2.15. The molecule has 26 nitrogen and oxygen atoms in total. The molecule has 0 bridgehead atoms. The zero-order chi connectivity index (χ0) is 93.3. The molecule has 8 aromatic carbocycles. The van der Waals surface area contributed by atoms with Gasteiger partial charge in [0.25, 0.3) is 47.3 Å². The van der Waals surface area contributed by atoms with Gasteiger partial charge in [0.15, 0.2) is 0 Å². The molecule has 0 unspecified atom stereocenters. The molecule has 132 heavy (non-hydrogen) atoms. The summed E-state index contributed by atoms with van der Waals surface area (Å²) in [6.45, 7) is 0. The SMILES string of the molecule is COc1ccc(NC(=O)c2ccc(C(=O)Nc3ccc(Cl)c(-c4ccccn4)c3)c(Cl)c2)cn1.Nc1ccc(NC(=O)c2ccc(C(=O)Nc3ccc(Cl)c(-c4ccccn4)c3)c(Cl)c2)cn1.O=C(Nc1ccc(Cl)nc1)c1ccc(C(=O)Nc2ccc(Cl)c(-c3ccccn3)c2)c(Cl)c1.O=C(Nc1ccccn1)c1ccc(C(=O)Nc2ccc(Cl)c(-c3ccccn3)c2)c(Cl)c1. The first-order valence-electron chi connectivity index (χ1n) is 39.0. The minimum absolute atomic E-state index is 0.133. The van der Waals surface area contributed by atoms with Gasteiger partial charge in [0.1, 0.15) is 16.8 Å². The van der Waals surface area contributed by atoms with Gasteiger partial charge in [-0.1, -0.05) is 135 Å². The van der Waals surface area contributed by atoms with Gasteiger partial charge >= 0.3 is 0 Å². The molecule has 10 N–H and O–H groups in total. The summed E-state index contributed by atoms with van der Waals surface area (Å²) in [5.74, 6) is -2.06. The Morgan fingerprint density at radius 3 is 0.788 bits per heavy atom. The molecule has 0 radical (unpaired) electrons. The van der Waals surface area contributed by atoms with Crippen LogP contribution in [0.2, 0.25) is 45.3 Å². The van der Waals surface area contributed by atoms with Crippen LogP contribution in [-0.2, 0) is 0 Å². The molecule has 0 atom stereocenters. The second kappa shape index (κ2) is 45.3. The average Bonchev–Trinajstić information content (AvgIpc) is 0.827. The third kappa shape index (κ3) is 25.7. The van der Waals surface area contributed by atoms with Crippen LogP contribution in [0.1, 0.15) is 82.9 Å². The number of methoxy groups -OCH3 is 1. The average molecular weight is 1930 g/mol. The first kappa shape index (κ1) is 94.5. The van der Waals surface area contributed by atoms with Gasteiger partial charge in [0.2, 0.25) is 5.88 Å². The quantitative estimate of drug-likeness (QED) is 0.0302. The van der Waals surface area contributed by atoms with Gasteiger partial charge in [-0.3, -0.25) is 58.3 Å². The number of amides is 8. The molecule has 656 valence electrons. The standard InChI is InChI=1S/C25H18Cl2N4O3.C24H15Cl3N4O2.C24H17Cl2N5O2.C24H16Cl2N4O2/c1-34-23-10-7-17(14-29-23)31-24(32)15-5-8-18(21(27)12-15)25(33)30-16-6-9-20(26)19(13-16)22-4-2-3-11-28-22;2*25-19-8-5-15(12-18(19)21-3-1-2-10-28-21)30-24(33)17-7-4-14(11-20(17)26)23(32)31-16-6-9-22(27)29-13-16;25-19-10-8-16(14-18(19)21-5-1-3-11-27-21)29-24(32)17-9-7-15(13-20(17)26)23(31)30-22-6-2-4-12-28-22/h2-14H,1H3,(H,30,33)(H,31,32);1-13H,(H,30,33)(H,31,32);1-13H,(H2,27,29)(H,30,33)(H,31,32);1-14H,(H,29,32)(H,28,30,31). The van der Waals surface area contributed by atoms with E-state index in [1.165, 1.54) is 98.5 Å². The van der Waals surface area contributed by atoms with Gasteiger partial charge < -0.3 is 53.0 Å². The van der Waals surface area contributed by atoms with Crippen molar-refractivity contribution in [1.82, 2.24) is 39.9 Å². The summed E-state index contributed by atoms with van der Waals surface area (Å²) in [5, 5.41) is 24.9. The van der Waals surface area contributed by atoms with Gasteiger partial charge in [-0.05, 0) is 237 Å². The van der Waals surface area contributed by atoms with Crippen molar-refractivity contribution >= 4 is 203 Å². The predicted molar refractivity (Wildman–Crippen MR) is 521 cm³/mol. The lowest BCUT2D eigenvalue weighted by Gasteiger charge is -2.11. The maximum absolute atomic E-state index is 12.8. The highest BCUT2D eigenvalue weighted by atomic mass is 35.5. The Labute approximate surface area is 798 Å². The van der Waals surface area contributed by atoms with Crippen LogP contribution in [0.15, 0.2) is 323 Å². The van der Waals surface area contributed by atoms with Crippen molar-refractivity contribution in [2.45, 2.75) is 0 Å². The maximum atomic E-state index is 12.8. The van der Waals surface area contributed by atoms with E-state index in [1.54, 1.807) is 164 Å². The molecule has 0 aliphatic heterocycles. The zero-order valence-electron chi connectivity index (χ0n) is 68.3. The Morgan fingerprint density at radius 2 is 0.530 bits per heavy atom. The Kier molecular flexibility index (Phi) is 32.4. The van der Waals surface area contributed by atoms with Gasteiger partial charge in [-0.25, -0.2) is 19.9 Å². The Bertz CT molecular complexity index is 6740. The summed E-state index contributed by atoms with van der Waals surface area (Å²) in [5.41, 5.74) is 16.7. The lowest BCUT2D eigenvalue weighted by atomic mass is 10.1. The van der Waals surface area contributed by atoms with Crippen molar-refractivity contribution in [3.05, 3.63) is 412 Å². The normalized spacial score (nSPS) is 10.5. The molecule has 16 aromatic rings. The highest BCUT2D eigenvalue weighted by Crippen LogP contribution is 2.36. The number of nitrogen functional groups attached to an aromatic ring is 1. The van der Waals surface area contributed by atoms with Crippen LogP contribution >= 0.6 is 104 Å². The Hall–Kier alpha value is -15.1. The fourth-order valence-electron chi connectivity index (χ4n) is 12.2. The lowest BCUT2D eigenvalue weighted by molar-refractivity contribution is 0.101. The molecule has 35 heteroatoms. The van der Waals surface area contributed by atoms with Gasteiger partial charge in [-0.15, -0.1) is 0 Å². The zero-order valence-corrected chi connectivity index (χ0v) is 75.1. The van der Waals surface area contributed by atoms with E-state index < -0.39 is 41.4 Å². The number of carbonyl (C=O) groups is 8. The molecule has 8 aromatic heterocycles. The Morgan fingerprint density at radius 1 is 0.250 bits per heavy atom. The molecular formula is C97H66Cl9N17O9. The number of hydrogen-bond donors (Lipinski definition) is 9. The van der Waals surface area contributed by atoms with Crippen LogP contribution in [0.3, 0.4) is 0 Å². The van der Waals surface area contributed by atoms with Gasteiger partial charge in [-0.2, -0.15) is 0 Å². The summed E-state index contributed by atoms with van der Waals surface area (Å²) < 4.78 is 5.00. The maximum Gasteiger partial charge on any atom is 0.257 e. The van der Waals surface area contributed by atoms with E-state index in [1.807, 2.05) is 66.7 Å². The highest BCUT2D eigenvalue weighted by Gasteiger charge is 2.23. The second-order valence-corrected chi connectivity index (χ2v) is 31.3. The first-order valence-corrected chi connectivity index (χ1v) is 42.4. The molecule has 0 fully saturated rings. The number of rotatable bonds is 21. The predicted octanol–water partition coefficient (Wildman–Crippen LogP) is 24.1. The third-order valence-corrected chi connectivity index (χ3v) is 21.5. The number of nitrogens with two attached hydrogens (primary N) is 1.